The fourth-order valence-electron chi connectivity index (χ4n) is 1.36. The normalized spacial score (nSPS) is 10.1. The molecule has 0 aliphatic rings. The van der Waals surface area contributed by atoms with Gasteiger partial charge in [-0.15, -0.1) is 0 Å². The summed E-state index contributed by atoms with van der Waals surface area (Å²) in [5.74, 6) is 0.201. The third-order valence-corrected chi connectivity index (χ3v) is 2.23. The second-order valence-corrected chi connectivity index (χ2v) is 3.16. The molecule has 0 spiro atoms. The Bertz CT molecular complexity index is 332. The first-order valence-electron chi connectivity index (χ1n) is 4.43. The Kier molecular flexibility index (Phi) is 3.65. The number of phenols is 1. The monoisotopic (exact) mass is 194 g/mol. The summed E-state index contributed by atoms with van der Waals surface area (Å²) in [5.41, 5.74) is 2.39. The van der Waals surface area contributed by atoms with Crippen LogP contribution in [0.5, 0.6) is 5.75 Å². The molecule has 0 unspecified atom stereocenters. The van der Waals surface area contributed by atoms with E-state index in [0.29, 0.717) is 12.2 Å². The number of ether oxygens (including phenoxy) is 1. The summed E-state index contributed by atoms with van der Waals surface area (Å²) in [6.07, 6.45) is 1.03. The molecular weight excluding hydrogens is 180 g/mol. The lowest BCUT2D eigenvalue weighted by Gasteiger charge is -2.09. The minimum Gasteiger partial charge on any atom is -0.507 e. The van der Waals surface area contributed by atoms with Gasteiger partial charge in [-0.25, -0.2) is 0 Å². The van der Waals surface area contributed by atoms with Gasteiger partial charge >= 0.3 is 0 Å². The Hall–Kier alpha value is -1.35. The third-order valence-electron chi connectivity index (χ3n) is 2.23. The molecule has 76 valence electrons. The van der Waals surface area contributed by atoms with Crippen LogP contribution in [0, 0.1) is 6.92 Å². The molecule has 0 saturated carbocycles. The smallest absolute Gasteiger partial charge is 0.124 e. The van der Waals surface area contributed by atoms with Crippen molar-refractivity contribution in [2.75, 3.05) is 7.11 Å². The van der Waals surface area contributed by atoms with Gasteiger partial charge < -0.3 is 14.6 Å². The second-order valence-electron chi connectivity index (χ2n) is 3.16. The number of benzene rings is 1. The van der Waals surface area contributed by atoms with Crippen molar-refractivity contribution in [1.29, 1.82) is 0 Å². The van der Waals surface area contributed by atoms with Gasteiger partial charge in [0.05, 0.1) is 6.61 Å². The van der Waals surface area contributed by atoms with Crippen LogP contribution in [0.1, 0.15) is 16.7 Å². The van der Waals surface area contributed by atoms with Gasteiger partial charge in [0, 0.05) is 19.1 Å². The van der Waals surface area contributed by atoms with E-state index in [1.54, 1.807) is 13.2 Å². The molecule has 1 aromatic carbocycles. The van der Waals surface area contributed by atoms with E-state index in [0.717, 1.165) is 17.4 Å². The van der Waals surface area contributed by atoms with E-state index in [2.05, 4.69) is 0 Å². The molecule has 0 fully saturated rings. The first-order valence-corrected chi connectivity index (χ1v) is 4.43. The Labute approximate surface area is 83.3 Å². The molecule has 0 bridgehead atoms. The van der Waals surface area contributed by atoms with Crippen molar-refractivity contribution in [2.45, 2.75) is 20.0 Å². The Morgan fingerprint density at radius 2 is 2.07 bits per heavy atom. The average molecular weight is 194 g/mol. The number of hydrogen-bond acceptors (Lipinski definition) is 3. The highest BCUT2D eigenvalue weighted by molar-refractivity contribution is 5.59. The SMILES string of the molecule is COCc1ccc(CC=O)c(O)c1C. The molecule has 0 heterocycles. The number of carbonyl (C=O) groups is 1. The molecule has 0 amide bonds. The number of aldehydes is 1. The molecule has 1 N–H and O–H groups in total. The molecule has 14 heavy (non-hydrogen) atoms. The summed E-state index contributed by atoms with van der Waals surface area (Å²) in [5, 5.41) is 9.72. The van der Waals surface area contributed by atoms with E-state index in [-0.39, 0.29) is 12.2 Å². The van der Waals surface area contributed by atoms with Crippen molar-refractivity contribution in [3.05, 3.63) is 28.8 Å². The van der Waals surface area contributed by atoms with Gasteiger partial charge in [0.25, 0.3) is 0 Å². The number of hydrogen-bond donors (Lipinski definition) is 1. The molecule has 1 rings (SSSR count). The minimum absolute atomic E-state index is 0.201. The van der Waals surface area contributed by atoms with Crippen molar-refractivity contribution in [2.24, 2.45) is 0 Å². The lowest BCUT2D eigenvalue weighted by molar-refractivity contribution is -0.107. The summed E-state index contributed by atoms with van der Waals surface area (Å²) in [4.78, 5) is 10.3. The zero-order valence-electron chi connectivity index (χ0n) is 8.41. The zero-order chi connectivity index (χ0) is 10.6. The Morgan fingerprint density at radius 1 is 1.43 bits per heavy atom. The van der Waals surface area contributed by atoms with Gasteiger partial charge in [-0.2, -0.15) is 0 Å². The summed E-state index contributed by atoms with van der Waals surface area (Å²) >= 11 is 0. The van der Waals surface area contributed by atoms with Crippen LogP contribution < -0.4 is 0 Å². The molecule has 0 atom stereocenters. The van der Waals surface area contributed by atoms with E-state index in [1.807, 2.05) is 13.0 Å². The Balaban J connectivity index is 3.05. The predicted octanol–water partition coefficient (Wildman–Crippen LogP) is 1.59. The predicted molar refractivity (Wildman–Crippen MR) is 53.3 cm³/mol. The van der Waals surface area contributed by atoms with Gasteiger partial charge in [-0.05, 0) is 18.1 Å². The number of aromatic hydroxyl groups is 1. The average Bonchev–Trinajstić information content (AvgIpc) is 2.18. The summed E-state index contributed by atoms with van der Waals surface area (Å²) in [7, 11) is 1.61. The molecule has 0 saturated heterocycles. The van der Waals surface area contributed by atoms with Crippen molar-refractivity contribution in [3.8, 4) is 5.75 Å². The highest BCUT2D eigenvalue weighted by atomic mass is 16.5. The van der Waals surface area contributed by atoms with Crippen LogP contribution in [-0.4, -0.2) is 18.5 Å². The maximum absolute atomic E-state index is 10.3. The maximum Gasteiger partial charge on any atom is 0.124 e. The summed E-state index contributed by atoms with van der Waals surface area (Å²) in [6, 6.07) is 3.63. The van der Waals surface area contributed by atoms with E-state index in [4.69, 9.17) is 4.74 Å². The minimum atomic E-state index is 0.201. The van der Waals surface area contributed by atoms with Crippen LogP contribution in [0.25, 0.3) is 0 Å². The van der Waals surface area contributed by atoms with Gasteiger partial charge in [0.1, 0.15) is 12.0 Å². The highest BCUT2D eigenvalue weighted by Crippen LogP contribution is 2.25. The van der Waals surface area contributed by atoms with Gasteiger partial charge in [-0.1, -0.05) is 12.1 Å². The number of methoxy groups -OCH3 is 1. The van der Waals surface area contributed by atoms with Crippen molar-refractivity contribution < 1.29 is 14.6 Å². The lowest BCUT2D eigenvalue weighted by Crippen LogP contribution is -1.96. The van der Waals surface area contributed by atoms with Crippen LogP contribution in [0.4, 0.5) is 0 Å². The first-order chi connectivity index (χ1) is 6.70. The molecule has 0 aliphatic carbocycles. The largest absolute Gasteiger partial charge is 0.507 e. The van der Waals surface area contributed by atoms with Crippen molar-refractivity contribution in [3.63, 3.8) is 0 Å². The van der Waals surface area contributed by atoms with Crippen molar-refractivity contribution in [1.82, 2.24) is 0 Å². The van der Waals surface area contributed by atoms with Crippen LogP contribution in [0.3, 0.4) is 0 Å². The van der Waals surface area contributed by atoms with Gasteiger partial charge in [0.15, 0.2) is 0 Å². The quantitative estimate of drug-likeness (QED) is 0.740. The van der Waals surface area contributed by atoms with Crippen LogP contribution in [0.15, 0.2) is 12.1 Å². The summed E-state index contributed by atoms with van der Waals surface area (Å²) < 4.78 is 4.98. The summed E-state index contributed by atoms with van der Waals surface area (Å²) in [6.45, 7) is 2.29. The molecule has 0 aromatic heterocycles. The van der Waals surface area contributed by atoms with E-state index in [1.165, 1.54) is 0 Å². The third kappa shape index (κ3) is 2.12. The van der Waals surface area contributed by atoms with Crippen LogP contribution in [0.2, 0.25) is 0 Å². The zero-order valence-corrected chi connectivity index (χ0v) is 8.41. The van der Waals surface area contributed by atoms with Gasteiger partial charge in [-0.3, -0.25) is 0 Å². The number of carbonyl (C=O) groups excluding carboxylic acids is 1. The highest BCUT2D eigenvalue weighted by Gasteiger charge is 2.07. The topological polar surface area (TPSA) is 46.5 Å². The van der Waals surface area contributed by atoms with E-state index < -0.39 is 0 Å². The first kappa shape index (κ1) is 10.7. The standard InChI is InChI=1S/C11H14O3/c1-8-10(7-14-2)4-3-9(5-6-12)11(8)13/h3-4,6,13H,5,7H2,1-2H3. The van der Waals surface area contributed by atoms with E-state index >= 15 is 0 Å². The second kappa shape index (κ2) is 4.77. The molecule has 0 radical (unpaired) electrons. The van der Waals surface area contributed by atoms with Crippen LogP contribution in [-0.2, 0) is 22.6 Å². The molecular formula is C11H14O3. The van der Waals surface area contributed by atoms with E-state index in [9.17, 15) is 9.90 Å². The fourth-order valence-corrected chi connectivity index (χ4v) is 1.36. The fraction of sp³-hybridized carbons (Fsp3) is 0.364. The molecule has 1 aromatic rings. The Morgan fingerprint density at radius 3 is 2.64 bits per heavy atom. The number of rotatable bonds is 4. The van der Waals surface area contributed by atoms with Crippen LogP contribution >= 0.6 is 0 Å². The number of phenolic OH excluding ortho intramolecular Hbond substituents is 1. The lowest BCUT2D eigenvalue weighted by atomic mass is 10.0. The molecule has 0 aliphatic heterocycles. The molecule has 3 nitrogen and oxygen atoms in total. The maximum atomic E-state index is 10.3. The van der Waals surface area contributed by atoms with Gasteiger partial charge in [0.2, 0.25) is 0 Å². The molecule has 3 heteroatoms. The van der Waals surface area contributed by atoms with Crippen molar-refractivity contribution >= 4 is 6.29 Å².